The average molecular weight is 520 g/mol. The van der Waals surface area contributed by atoms with Gasteiger partial charge in [0.2, 0.25) is 5.88 Å². The van der Waals surface area contributed by atoms with E-state index in [1.54, 1.807) is 37.0 Å². The maximum atomic E-state index is 5.26. The lowest BCUT2D eigenvalue weighted by atomic mass is 9.98. The highest BCUT2D eigenvalue weighted by atomic mass is 32.1. The van der Waals surface area contributed by atoms with Crippen LogP contribution >= 0.6 is 11.3 Å². The normalized spacial score (nSPS) is 11.6. The summed E-state index contributed by atoms with van der Waals surface area (Å²) in [5.74, 6) is 0.575. The number of anilines is 1. The zero-order valence-electron chi connectivity index (χ0n) is 21.8. The highest BCUT2D eigenvalue weighted by Gasteiger charge is 2.17. The maximum absolute atomic E-state index is 5.26. The van der Waals surface area contributed by atoms with Gasteiger partial charge in [0.05, 0.1) is 24.2 Å². The Morgan fingerprint density at radius 1 is 0.868 bits per heavy atom. The monoisotopic (exact) mass is 519 g/mol. The Bertz CT molecular complexity index is 1670. The van der Waals surface area contributed by atoms with Crippen LogP contribution in [0.2, 0.25) is 0 Å². The smallest absolute Gasteiger partial charge is 0.212 e. The first kappa shape index (κ1) is 25.3. The fourth-order valence-electron chi connectivity index (χ4n) is 4.46. The van der Waals surface area contributed by atoms with Crippen LogP contribution in [-0.2, 0) is 0 Å². The van der Waals surface area contributed by atoms with E-state index in [1.165, 1.54) is 15.6 Å². The van der Waals surface area contributed by atoms with Crippen molar-refractivity contribution < 1.29 is 4.74 Å². The Labute approximate surface area is 226 Å². The number of aryl methyl sites for hydroxylation is 1. The molecule has 7 heteroatoms. The average Bonchev–Trinajstić information content (AvgIpc) is 3.36. The molecule has 0 fully saturated rings. The van der Waals surface area contributed by atoms with Gasteiger partial charge in [-0.2, -0.15) is 0 Å². The van der Waals surface area contributed by atoms with Crippen molar-refractivity contribution in [3.8, 4) is 17.0 Å². The zero-order chi connectivity index (χ0) is 26.5. The summed E-state index contributed by atoms with van der Waals surface area (Å²) in [6.07, 6.45) is 8.96. The molecule has 4 heterocycles. The fraction of sp³-hybridized carbons (Fsp3) is 0.161. The molecule has 4 aromatic heterocycles. The van der Waals surface area contributed by atoms with Crippen LogP contribution in [0.15, 0.2) is 91.0 Å². The molecule has 0 radical (unpaired) electrons. The third-order valence-corrected chi connectivity index (χ3v) is 7.36. The molecular formula is C31H29N5OS. The lowest BCUT2D eigenvalue weighted by Crippen LogP contribution is -2.13. The summed E-state index contributed by atoms with van der Waals surface area (Å²) in [6.45, 7) is 6.15. The predicted molar refractivity (Wildman–Crippen MR) is 157 cm³/mol. The number of ether oxygens (including phenoxy) is 1. The molecule has 0 saturated heterocycles. The molecule has 0 aliphatic carbocycles. The minimum atomic E-state index is -0.166. The van der Waals surface area contributed by atoms with Crippen LogP contribution in [0.3, 0.4) is 0 Å². The van der Waals surface area contributed by atoms with Crippen LogP contribution in [-0.4, -0.2) is 27.0 Å². The molecule has 6 aromatic rings. The van der Waals surface area contributed by atoms with Gasteiger partial charge >= 0.3 is 0 Å². The number of rotatable bonds is 6. The van der Waals surface area contributed by atoms with Crippen molar-refractivity contribution in [3.05, 3.63) is 108 Å². The summed E-state index contributed by atoms with van der Waals surface area (Å²) in [5.41, 5.74) is 8.10. The van der Waals surface area contributed by atoms with E-state index in [9.17, 15) is 0 Å². The molecular weight excluding hydrogens is 490 g/mol. The van der Waals surface area contributed by atoms with Crippen molar-refractivity contribution >= 4 is 38.1 Å². The third-order valence-electron chi connectivity index (χ3n) is 6.28. The number of thiophene rings is 1. The standard InChI is InChI=1S/C29H23N5OS.C2H6/c1-18-17-36-26-7-5-19(12-23(18)26)24-13-22(14-25-29(24)32-11-10-31-25)34-28(20-4-3-9-30-15-20)21-6-8-27(35-2)33-16-21;1-2/h3-17,28,34H,1-2H3;1-2H3. The quantitative estimate of drug-likeness (QED) is 0.242. The van der Waals surface area contributed by atoms with Crippen LogP contribution in [0, 0.1) is 6.92 Å². The first-order valence-electron chi connectivity index (χ1n) is 12.6. The Morgan fingerprint density at radius 2 is 1.71 bits per heavy atom. The van der Waals surface area contributed by atoms with Crippen molar-refractivity contribution in [1.82, 2.24) is 19.9 Å². The van der Waals surface area contributed by atoms with Gasteiger partial charge in [-0.25, -0.2) is 4.98 Å². The molecule has 0 bridgehead atoms. The molecule has 38 heavy (non-hydrogen) atoms. The lowest BCUT2D eigenvalue weighted by Gasteiger charge is -2.21. The van der Waals surface area contributed by atoms with E-state index >= 15 is 0 Å². The van der Waals surface area contributed by atoms with E-state index in [4.69, 9.17) is 4.74 Å². The first-order chi connectivity index (χ1) is 18.7. The van der Waals surface area contributed by atoms with E-state index in [0.29, 0.717) is 5.88 Å². The topological polar surface area (TPSA) is 72.8 Å². The van der Waals surface area contributed by atoms with E-state index in [0.717, 1.165) is 39.0 Å². The van der Waals surface area contributed by atoms with E-state index in [2.05, 4.69) is 67.9 Å². The SMILES string of the molecule is CC.COc1ccc(C(Nc2cc(-c3ccc4scc(C)c4c3)c3nccnc3c2)c2cccnc2)cn1. The highest BCUT2D eigenvalue weighted by Crippen LogP contribution is 2.36. The number of fused-ring (bicyclic) bond motifs is 2. The second-order valence-electron chi connectivity index (χ2n) is 8.58. The number of methoxy groups -OCH3 is 1. The molecule has 0 amide bonds. The number of benzene rings is 2. The molecule has 190 valence electrons. The minimum absolute atomic E-state index is 0.166. The molecule has 6 rings (SSSR count). The van der Waals surface area contributed by atoms with Crippen LogP contribution in [0.25, 0.3) is 32.2 Å². The number of nitrogens with one attached hydrogen (secondary N) is 1. The Hall–Kier alpha value is -4.36. The molecule has 1 atom stereocenters. The molecule has 6 nitrogen and oxygen atoms in total. The molecule has 0 aliphatic heterocycles. The van der Waals surface area contributed by atoms with Gasteiger partial charge in [-0.15, -0.1) is 11.3 Å². The minimum Gasteiger partial charge on any atom is -0.481 e. The molecule has 0 saturated carbocycles. The van der Waals surface area contributed by atoms with Crippen molar-refractivity contribution in [1.29, 1.82) is 0 Å². The Balaban J connectivity index is 0.00000144. The number of aromatic nitrogens is 4. The molecule has 0 spiro atoms. The number of hydrogen-bond donors (Lipinski definition) is 1. The largest absolute Gasteiger partial charge is 0.481 e. The molecule has 1 unspecified atom stereocenters. The van der Waals surface area contributed by atoms with Crippen molar-refractivity contribution in [3.63, 3.8) is 0 Å². The van der Waals surface area contributed by atoms with Crippen molar-refractivity contribution in [2.45, 2.75) is 26.8 Å². The van der Waals surface area contributed by atoms with E-state index < -0.39 is 0 Å². The van der Waals surface area contributed by atoms with Gasteiger partial charge in [-0.05, 0) is 76.3 Å². The van der Waals surface area contributed by atoms with Gasteiger partial charge in [0.25, 0.3) is 0 Å². The summed E-state index contributed by atoms with van der Waals surface area (Å²) in [7, 11) is 1.62. The predicted octanol–water partition coefficient (Wildman–Crippen LogP) is 7.85. The van der Waals surface area contributed by atoms with Gasteiger partial charge in [0.1, 0.15) is 0 Å². The van der Waals surface area contributed by atoms with Crippen LogP contribution in [0.4, 0.5) is 5.69 Å². The highest BCUT2D eigenvalue weighted by molar-refractivity contribution is 7.17. The summed E-state index contributed by atoms with van der Waals surface area (Å²) in [6, 6.07) is 18.5. The number of hydrogen-bond acceptors (Lipinski definition) is 7. The number of nitrogens with zero attached hydrogens (tertiary/aromatic N) is 4. The van der Waals surface area contributed by atoms with E-state index in [-0.39, 0.29) is 6.04 Å². The molecule has 1 N–H and O–H groups in total. The van der Waals surface area contributed by atoms with Gasteiger partial charge in [0, 0.05) is 53.0 Å². The second kappa shape index (κ2) is 11.4. The summed E-state index contributed by atoms with van der Waals surface area (Å²) in [4.78, 5) is 18.1. The fourth-order valence-corrected chi connectivity index (χ4v) is 5.38. The van der Waals surface area contributed by atoms with Crippen molar-refractivity contribution in [2.75, 3.05) is 12.4 Å². The number of pyridine rings is 2. The third kappa shape index (κ3) is 5.06. The summed E-state index contributed by atoms with van der Waals surface area (Å²) in [5, 5.41) is 7.18. The van der Waals surface area contributed by atoms with Crippen molar-refractivity contribution in [2.24, 2.45) is 0 Å². The zero-order valence-corrected chi connectivity index (χ0v) is 22.7. The molecule has 0 aliphatic rings. The van der Waals surface area contributed by atoms with Crippen LogP contribution < -0.4 is 10.1 Å². The van der Waals surface area contributed by atoms with E-state index in [1.807, 2.05) is 50.5 Å². The Kier molecular flexibility index (Phi) is 7.56. The first-order valence-corrected chi connectivity index (χ1v) is 13.5. The molecule has 2 aromatic carbocycles. The van der Waals surface area contributed by atoms with Gasteiger partial charge in [-0.3, -0.25) is 15.0 Å². The van der Waals surface area contributed by atoms with Gasteiger partial charge in [0.15, 0.2) is 0 Å². The van der Waals surface area contributed by atoms with Gasteiger partial charge < -0.3 is 10.1 Å². The van der Waals surface area contributed by atoms with Crippen LogP contribution in [0.5, 0.6) is 5.88 Å². The van der Waals surface area contributed by atoms with Gasteiger partial charge in [-0.1, -0.05) is 26.0 Å². The Morgan fingerprint density at radius 3 is 2.47 bits per heavy atom. The summed E-state index contributed by atoms with van der Waals surface area (Å²) >= 11 is 1.77. The lowest BCUT2D eigenvalue weighted by molar-refractivity contribution is 0.397. The summed E-state index contributed by atoms with van der Waals surface area (Å²) < 4.78 is 6.54. The van der Waals surface area contributed by atoms with Crippen LogP contribution in [0.1, 0.15) is 36.6 Å². The maximum Gasteiger partial charge on any atom is 0.212 e. The second-order valence-corrected chi connectivity index (χ2v) is 9.49.